The summed E-state index contributed by atoms with van der Waals surface area (Å²) < 4.78 is 15.3. The van der Waals surface area contributed by atoms with E-state index in [0.29, 0.717) is 35.5 Å². The number of nitriles is 1. The Kier molecular flexibility index (Phi) is 5.14. The van der Waals surface area contributed by atoms with Crippen molar-refractivity contribution in [1.82, 2.24) is 19.7 Å². The fourth-order valence-electron chi connectivity index (χ4n) is 3.98. The van der Waals surface area contributed by atoms with Crippen LogP contribution >= 0.6 is 0 Å². The maximum Gasteiger partial charge on any atom is 0.248 e. The molecule has 8 nitrogen and oxygen atoms in total. The molecule has 0 aliphatic carbocycles. The average Bonchev–Trinajstić information content (AvgIpc) is 3.19. The summed E-state index contributed by atoms with van der Waals surface area (Å²) in [5.41, 5.74) is 7.99. The molecule has 1 aromatic carbocycles. The molecular formula is C21H20FN7O. The molecule has 30 heavy (non-hydrogen) atoms. The molecule has 2 aromatic heterocycles. The lowest BCUT2D eigenvalue weighted by Gasteiger charge is -2.35. The van der Waals surface area contributed by atoms with Gasteiger partial charge in [0.15, 0.2) is 0 Å². The second-order valence-corrected chi connectivity index (χ2v) is 7.33. The zero-order valence-corrected chi connectivity index (χ0v) is 16.4. The lowest BCUT2D eigenvalue weighted by atomic mass is 9.92. The number of pyridine rings is 1. The van der Waals surface area contributed by atoms with E-state index in [1.165, 1.54) is 18.3 Å². The van der Waals surface area contributed by atoms with Gasteiger partial charge in [0, 0.05) is 48.9 Å². The van der Waals surface area contributed by atoms with Crippen molar-refractivity contribution in [1.29, 1.82) is 5.26 Å². The summed E-state index contributed by atoms with van der Waals surface area (Å²) in [6, 6.07) is 8.17. The van der Waals surface area contributed by atoms with Crippen LogP contribution in [-0.2, 0) is 7.05 Å². The third kappa shape index (κ3) is 3.59. The van der Waals surface area contributed by atoms with Gasteiger partial charge in [0.05, 0.1) is 11.3 Å². The first kappa shape index (κ1) is 19.5. The van der Waals surface area contributed by atoms with Gasteiger partial charge >= 0.3 is 0 Å². The lowest BCUT2D eigenvalue weighted by Crippen LogP contribution is -2.34. The number of nitrogens with zero attached hydrogens (tertiary/aromatic N) is 6. The van der Waals surface area contributed by atoms with Crippen LogP contribution in [0.2, 0.25) is 0 Å². The average molecular weight is 405 g/mol. The molecule has 152 valence electrons. The molecule has 0 atom stereocenters. The Balaban J connectivity index is 1.73. The Hall–Kier alpha value is -3.80. The van der Waals surface area contributed by atoms with Gasteiger partial charge in [0.2, 0.25) is 11.9 Å². The van der Waals surface area contributed by atoms with Crippen LogP contribution in [0.4, 0.5) is 10.1 Å². The standard InChI is InChI=1S/C21H20FN7O/c1-28-12-26-27-21(28)13-4-6-29(7-5-13)19-16(10-23)8-15(20(24)30)9-17(19)14-2-3-18(22)25-11-14/h2-3,8-9,11-13H,4-7H2,1H3,(H2,24,30). The summed E-state index contributed by atoms with van der Waals surface area (Å²) in [7, 11) is 1.93. The predicted molar refractivity (Wildman–Crippen MR) is 108 cm³/mol. The second-order valence-electron chi connectivity index (χ2n) is 7.33. The SMILES string of the molecule is Cn1cnnc1C1CCN(c2c(C#N)cc(C(N)=O)cc2-c2ccc(F)nc2)CC1. The maximum absolute atomic E-state index is 13.4. The van der Waals surface area contributed by atoms with Crippen molar-refractivity contribution in [3.05, 3.63) is 59.7 Å². The van der Waals surface area contributed by atoms with E-state index in [2.05, 4.69) is 26.2 Å². The number of piperidine rings is 1. The van der Waals surface area contributed by atoms with E-state index in [1.54, 1.807) is 18.5 Å². The summed E-state index contributed by atoms with van der Waals surface area (Å²) in [5, 5.41) is 18.0. The van der Waals surface area contributed by atoms with E-state index in [4.69, 9.17) is 5.73 Å². The Morgan fingerprint density at radius 1 is 1.30 bits per heavy atom. The van der Waals surface area contributed by atoms with Gasteiger partial charge in [-0.3, -0.25) is 4.79 Å². The largest absolute Gasteiger partial charge is 0.370 e. The molecule has 2 N–H and O–H groups in total. The Morgan fingerprint density at radius 3 is 2.63 bits per heavy atom. The third-order valence-electron chi connectivity index (χ3n) is 5.48. The number of carbonyl (C=O) groups excluding carboxylic acids is 1. The van der Waals surface area contributed by atoms with Crippen LogP contribution in [0.3, 0.4) is 0 Å². The number of anilines is 1. The molecule has 0 saturated carbocycles. The first-order valence-corrected chi connectivity index (χ1v) is 9.56. The number of halogens is 1. The predicted octanol–water partition coefficient (Wildman–Crippen LogP) is 2.37. The van der Waals surface area contributed by atoms with Gasteiger partial charge in [-0.25, -0.2) is 4.98 Å². The molecule has 0 radical (unpaired) electrons. The van der Waals surface area contributed by atoms with Crippen molar-refractivity contribution in [3.8, 4) is 17.2 Å². The van der Waals surface area contributed by atoms with Crippen LogP contribution in [-0.4, -0.2) is 38.7 Å². The normalized spacial score (nSPS) is 14.5. The fraction of sp³-hybridized carbons (Fsp3) is 0.286. The van der Waals surface area contributed by atoms with Gasteiger partial charge in [0.25, 0.3) is 0 Å². The molecule has 0 bridgehead atoms. The highest BCUT2D eigenvalue weighted by Crippen LogP contribution is 2.38. The number of nitrogens with two attached hydrogens (primary N) is 1. The number of hydrogen-bond donors (Lipinski definition) is 1. The van der Waals surface area contributed by atoms with Crippen molar-refractivity contribution in [2.24, 2.45) is 12.8 Å². The first-order chi connectivity index (χ1) is 14.5. The molecule has 1 aliphatic heterocycles. The van der Waals surface area contributed by atoms with Gasteiger partial charge in [0.1, 0.15) is 18.2 Å². The Bertz CT molecular complexity index is 1130. The molecule has 3 heterocycles. The lowest BCUT2D eigenvalue weighted by molar-refractivity contribution is 0.100. The topological polar surface area (TPSA) is 114 Å². The number of primary amides is 1. The van der Waals surface area contributed by atoms with E-state index in [1.807, 2.05) is 11.6 Å². The number of aryl methyl sites for hydroxylation is 1. The highest BCUT2D eigenvalue weighted by molar-refractivity contribution is 5.97. The maximum atomic E-state index is 13.4. The zero-order valence-electron chi connectivity index (χ0n) is 16.4. The van der Waals surface area contributed by atoms with Crippen molar-refractivity contribution in [3.63, 3.8) is 0 Å². The molecule has 1 aliphatic rings. The monoisotopic (exact) mass is 405 g/mol. The summed E-state index contributed by atoms with van der Waals surface area (Å²) in [6.45, 7) is 1.40. The number of rotatable bonds is 4. The second kappa shape index (κ2) is 7.91. The van der Waals surface area contributed by atoms with Crippen LogP contribution in [0.1, 0.15) is 40.5 Å². The zero-order chi connectivity index (χ0) is 21.3. The molecule has 3 aromatic rings. The smallest absolute Gasteiger partial charge is 0.248 e. The minimum Gasteiger partial charge on any atom is -0.370 e. The van der Waals surface area contributed by atoms with E-state index >= 15 is 0 Å². The number of amides is 1. The molecule has 0 unspecified atom stereocenters. The van der Waals surface area contributed by atoms with Gasteiger partial charge in [-0.15, -0.1) is 10.2 Å². The van der Waals surface area contributed by atoms with Gasteiger partial charge < -0.3 is 15.2 Å². The summed E-state index contributed by atoms with van der Waals surface area (Å²) in [5.74, 6) is -0.00553. The Labute approximate surface area is 172 Å². The number of aromatic nitrogens is 4. The molecule has 1 saturated heterocycles. The highest BCUT2D eigenvalue weighted by Gasteiger charge is 2.27. The van der Waals surface area contributed by atoms with Gasteiger partial charge in [-0.2, -0.15) is 9.65 Å². The molecule has 0 spiro atoms. The van der Waals surface area contributed by atoms with Crippen molar-refractivity contribution < 1.29 is 9.18 Å². The van der Waals surface area contributed by atoms with Crippen molar-refractivity contribution in [2.45, 2.75) is 18.8 Å². The van der Waals surface area contributed by atoms with E-state index in [-0.39, 0.29) is 11.5 Å². The summed E-state index contributed by atoms with van der Waals surface area (Å²) >= 11 is 0. The van der Waals surface area contributed by atoms with Crippen LogP contribution in [0.15, 0.2) is 36.8 Å². The molecule has 9 heteroatoms. The van der Waals surface area contributed by atoms with Crippen LogP contribution in [0.5, 0.6) is 0 Å². The molecule has 4 rings (SSSR count). The fourth-order valence-corrected chi connectivity index (χ4v) is 3.98. The van der Waals surface area contributed by atoms with Crippen LogP contribution in [0.25, 0.3) is 11.1 Å². The Morgan fingerprint density at radius 2 is 2.07 bits per heavy atom. The van der Waals surface area contributed by atoms with Crippen LogP contribution < -0.4 is 10.6 Å². The molecule has 1 fully saturated rings. The van der Waals surface area contributed by atoms with Crippen molar-refractivity contribution in [2.75, 3.05) is 18.0 Å². The molecular weight excluding hydrogens is 385 g/mol. The minimum atomic E-state index is -0.629. The summed E-state index contributed by atoms with van der Waals surface area (Å²) in [6.07, 6.45) is 4.77. The van der Waals surface area contributed by atoms with Gasteiger partial charge in [-0.1, -0.05) is 0 Å². The van der Waals surface area contributed by atoms with E-state index in [0.717, 1.165) is 18.7 Å². The number of carbonyl (C=O) groups is 1. The van der Waals surface area contributed by atoms with Gasteiger partial charge in [-0.05, 0) is 37.1 Å². The third-order valence-corrected chi connectivity index (χ3v) is 5.48. The quantitative estimate of drug-likeness (QED) is 0.667. The molecule has 1 amide bonds. The summed E-state index contributed by atoms with van der Waals surface area (Å²) in [4.78, 5) is 17.7. The first-order valence-electron chi connectivity index (χ1n) is 9.56. The number of hydrogen-bond acceptors (Lipinski definition) is 6. The highest BCUT2D eigenvalue weighted by atomic mass is 19.1. The minimum absolute atomic E-state index is 0.226. The van der Waals surface area contributed by atoms with Crippen molar-refractivity contribution >= 4 is 11.6 Å². The van der Waals surface area contributed by atoms with E-state index < -0.39 is 11.9 Å². The van der Waals surface area contributed by atoms with E-state index in [9.17, 15) is 14.4 Å². The van der Waals surface area contributed by atoms with Crippen LogP contribution in [0, 0.1) is 17.3 Å². The number of benzene rings is 1.